The number of piperidine rings is 1. The van der Waals surface area contributed by atoms with E-state index in [0.29, 0.717) is 25.3 Å². The Morgan fingerprint density at radius 3 is 2.16 bits per heavy atom. The zero-order chi connectivity index (χ0) is 23.1. The lowest BCUT2D eigenvalue weighted by atomic mass is 10.0. The Morgan fingerprint density at radius 2 is 1.59 bits per heavy atom. The number of likely N-dealkylation sites (tertiary alicyclic amines) is 1. The van der Waals surface area contributed by atoms with Gasteiger partial charge in [-0.2, -0.15) is 0 Å². The van der Waals surface area contributed by atoms with Crippen molar-refractivity contribution in [3.63, 3.8) is 0 Å². The van der Waals surface area contributed by atoms with E-state index in [1.165, 1.54) is 7.11 Å². The number of carbonyl (C=O) groups is 1. The molecule has 0 saturated carbocycles. The molecule has 1 saturated heterocycles. The molecule has 0 spiro atoms. The van der Waals surface area contributed by atoms with E-state index in [4.69, 9.17) is 14.2 Å². The Kier molecular flexibility index (Phi) is 8.15. The van der Waals surface area contributed by atoms with E-state index >= 15 is 0 Å². The molecule has 1 aliphatic heterocycles. The monoisotopic (exact) mass is 461 g/mol. The van der Waals surface area contributed by atoms with Crippen LogP contribution in [0.1, 0.15) is 25.3 Å². The maximum absolute atomic E-state index is 13.2. The van der Waals surface area contributed by atoms with Gasteiger partial charge in [-0.05, 0) is 68.1 Å². The van der Waals surface area contributed by atoms with Crippen molar-refractivity contribution in [2.24, 2.45) is 0 Å². The zero-order valence-corrected chi connectivity index (χ0v) is 19.6. The summed E-state index contributed by atoms with van der Waals surface area (Å²) in [7, 11) is -0.406. The van der Waals surface area contributed by atoms with Crippen LogP contribution in [0.15, 0.2) is 53.4 Å². The smallest absolute Gasteiger partial charge is 0.323 e. The Bertz CT molecular complexity index is 988. The van der Waals surface area contributed by atoms with Crippen molar-refractivity contribution in [1.82, 2.24) is 4.90 Å². The van der Waals surface area contributed by atoms with E-state index in [1.54, 1.807) is 38.3 Å². The predicted octanol–water partition coefficient (Wildman–Crippen LogP) is 3.12. The number of sulfone groups is 1. The molecular weight excluding hydrogens is 430 g/mol. The van der Waals surface area contributed by atoms with E-state index in [0.717, 1.165) is 17.7 Å². The lowest BCUT2D eigenvalue weighted by Crippen LogP contribution is -2.51. The molecule has 3 rings (SSSR count). The molecule has 0 amide bonds. The van der Waals surface area contributed by atoms with Crippen molar-refractivity contribution in [3.05, 3.63) is 54.1 Å². The van der Waals surface area contributed by atoms with Gasteiger partial charge >= 0.3 is 5.97 Å². The van der Waals surface area contributed by atoms with Crippen molar-refractivity contribution in [2.45, 2.75) is 42.4 Å². The van der Waals surface area contributed by atoms with Crippen LogP contribution in [0.4, 0.5) is 0 Å². The van der Waals surface area contributed by atoms with Crippen LogP contribution in [0.2, 0.25) is 0 Å². The van der Waals surface area contributed by atoms with Gasteiger partial charge in [-0.1, -0.05) is 12.1 Å². The first-order chi connectivity index (χ1) is 15.4. The van der Waals surface area contributed by atoms with Gasteiger partial charge in [-0.25, -0.2) is 8.42 Å². The second-order valence-corrected chi connectivity index (χ2v) is 10.00. The molecule has 0 radical (unpaired) electrons. The predicted molar refractivity (Wildman–Crippen MR) is 122 cm³/mol. The molecule has 8 heteroatoms. The number of hydrogen-bond acceptors (Lipinski definition) is 7. The first kappa shape index (κ1) is 24.1. The summed E-state index contributed by atoms with van der Waals surface area (Å²) in [5.41, 5.74) is 1.13. The van der Waals surface area contributed by atoms with Crippen LogP contribution >= 0.6 is 0 Å². The molecular formula is C24H31NO6S. The van der Waals surface area contributed by atoms with Gasteiger partial charge in [-0.3, -0.25) is 9.69 Å². The molecule has 1 fully saturated rings. The van der Waals surface area contributed by atoms with E-state index in [-0.39, 0.29) is 23.9 Å². The number of nitrogens with zero attached hydrogens (tertiary/aromatic N) is 1. The Morgan fingerprint density at radius 1 is 1.00 bits per heavy atom. The molecule has 0 N–H and O–H groups in total. The Balaban J connectivity index is 1.73. The van der Waals surface area contributed by atoms with E-state index in [9.17, 15) is 13.2 Å². The minimum atomic E-state index is -3.57. The number of ether oxygens (including phenoxy) is 3. The van der Waals surface area contributed by atoms with Gasteiger partial charge in [0.15, 0.2) is 9.84 Å². The summed E-state index contributed by atoms with van der Waals surface area (Å²) in [6.07, 6.45) is 1.43. The van der Waals surface area contributed by atoms with Crippen LogP contribution in [0, 0.1) is 0 Å². The number of carbonyl (C=O) groups excluding carboxylic acids is 1. The summed E-state index contributed by atoms with van der Waals surface area (Å²) in [6.45, 7) is 3.18. The lowest BCUT2D eigenvalue weighted by Gasteiger charge is -2.37. The average Bonchev–Trinajstić information content (AvgIpc) is 2.83. The van der Waals surface area contributed by atoms with Gasteiger partial charge in [0.25, 0.3) is 0 Å². The molecule has 7 nitrogen and oxygen atoms in total. The van der Waals surface area contributed by atoms with Crippen LogP contribution in [0.25, 0.3) is 0 Å². The quantitative estimate of drug-likeness (QED) is 0.531. The van der Waals surface area contributed by atoms with Crippen molar-refractivity contribution in [2.75, 3.05) is 33.9 Å². The highest BCUT2D eigenvalue weighted by Gasteiger charge is 2.40. The van der Waals surface area contributed by atoms with Crippen LogP contribution in [-0.4, -0.2) is 64.5 Å². The average molecular weight is 462 g/mol. The number of hydrogen-bond donors (Lipinski definition) is 0. The summed E-state index contributed by atoms with van der Waals surface area (Å²) in [5, 5.41) is -0.637. The normalized spacial score (nSPS) is 19.3. The first-order valence-corrected chi connectivity index (χ1v) is 12.3. The summed E-state index contributed by atoms with van der Waals surface area (Å²) in [5.74, 6) is 1.03. The standard InChI is InChI=1S/C24H31NO6S/c1-4-31-24(26)23-17-22(32(27,28)21-11-9-20(30-3)10-12-21)14-16-25(23)15-13-18-5-7-19(29-2)8-6-18/h5-12,22-23H,4,13-17H2,1-3H3. The van der Waals surface area contributed by atoms with Crippen molar-refractivity contribution in [3.8, 4) is 11.5 Å². The second-order valence-electron chi connectivity index (χ2n) is 7.77. The van der Waals surface area contributed by atoms with Gasteiger partial charge in [0.1, 0.15) is 17.5 Å². The SMILES string of the molecule is CCOC(=O)C1CC(S(=O)(=O)c2ccc(OC)cc2)CCN1CCc1ccc(OC)cc1. The molecule has 1 aliphatic rings. The fourth-order valence-electron chi connectivity index (χ4n) is 4.04. The number of esters is 1. The Labute approximate surface area is 190 Å². The molecule has 1 heterocycles. The molecule has 174 valence electrons. The van der Waals surface area contributed by atoms with Crippen LogP contribution in [0.3, 0.4) is 0 Å². The topological polar surface area (TPSA) is 82.1 Å². The van der Waals surface area contributed by atoms with Gasteiger partial charge in [0.05, 0.1) is 31.0 Å². The fraction of sp³-hybridized carbons (Fsp3) is 0.458. The zero-order valence-electron chi connectivity index (χ0n) is 18.8. The summed E-state index contributed by atoms with van der Waals surface area (Å²) in [6, 6.07) is 13.6. The van der Waals surface area contributed by atoms with Crippen LogP contribution in [0.5, 0.6) is 11.5 Å². The molecule has 32 heavy (non-hydrogen) atoms. The fourth-order valence-corrected chi connectivity index (χ4v) is 5.79. The molecule has 2 aromatic carbocycles. The second kappa shape index (κ2) is 10.8. The number of methoxy groups -OCH3 is 2. The molecule has 0 bridgehead atoms. The molecule has 0 aromatic heterocycles. The third kappa shape index (κ3) is 5.61. The summed E-state index contributed by atoms with van der Waals surface area (Å²) >= 11 is 0. The first-order valence-electron chi connectivity index (χ1n) is 10.8. The van der Waals surface area contributed by atoms with Crippen LogP contribution < -0.4 is 9.47 Å². The van der Waals surface area contributed by atoms with Crippen LogP contribution in [-0.2, 0) is 25.8 Å². The summed E-state index contributed by atoms with van der Waals surface area (Å²) in [4.78, 5) is 15.0. The van der Waals surface area contributed by atoms with Gasteiger partial charge in [0.2, 0.25) is 0 Å². The maximum Gasteiger partial charge on any atom is 0.323 e. The molecule has 2 unspecified atom stereocenters. The van der Waals surface area contributed by atoms with Crippen molar-refractivity contribution >= 4 is 15.8 Å². The largest absolute Gasteiger partial charge is 0.497 e. The third-order valence-corrected chi connectivity index (χ3v) is 8.13. The van der Waals surface area contributed by atoms with E-state index in [2.05, 4.69) is 0 Å². The van der Waals surface area contributed by atoms with Gasteiger partial charge in [-0.15, -0.1) is 0 Å². The highest BCUT2D eigenvalue weighted by Crippen LogP contribution is 2.29. The third-order valence-electron chi connectivity index (χ3n) is 5.90. The van der Waals surface area contributed by atoms with Gasteiger partial charge < -0.3 is 14.2 Å². The highest BCUT2D eigenvalue weighted by atomic mass is 32.2. The molecule has 2 aromatic rings. The minimum absolute atomic E-state index is 0.218. The van der Waals surface area contributed by atoms with Crippen molar-refractivity contribution in [1.29, 1.82) is 0 Å². The van der Waals surface area contributed by atoms with Gasteiger partial charge in [0, 0.05) is 13.1 Å². The molecule has 0 aliphatic carbocycles. The minimum Gasteiger partial charge on any atom is -0.497 e. The highest BCUT2D eigenvalue weighted by molar-refractivity contribution is 7.92. The number of rotatable bonds is 9. The summed E-state index contributed by atoms with van der Waals surface area (Å²) < 4.78 is 42.1. The molecule has 2 atom stereocenters. The maximum atomic E-state index is 13.2. The van der Waals surface area contributed by atoms with Crippen molar-refractivity contribution < 1.29 is 27.4 Å². The lowest BCUT2D eigenvalue weighted by molar-refractivity contribution is -0.150. The van der Waals surface area contributed by atoms with E-state index in [1.807, 2.05) is 29.2 Å². The Hall–Kier alpha value is -2.58. The number of benzene rings is 2. The van der Waals surface area contributed by atoms with E-state index < -0.39 is 21.1 Å².